The highest BCUT2D eigenvalue weighted by Crippen LogP contribution is 2.23. The van der Waals surface area contributed by atoms with Crippen LogP contribution in [-0.2, 0) is 13.1 Å². The van der Waals surface area contributed by atoms with Crippen LogP contribution < -0.4 is 10.2 Å². The van der Waals surface area contributed by atoms with E-state index in [1.807, 2.05) is 67.5 Å². The first kappa shape index (κ1) is 20.2. The number of amides is 1. The minimum Gasteiger partial charge on any atom is -0.378 e. The highest BCUT2D eigenvalue weighted by atomic mass is 35.5. The van der Waals surface area contributed by atoms with Gasteiger partial charge in [0.1, 0.15) is 5.15 Å². The van der Waals surface area contributed by atoms with Gasteiger partial charge in [-0.15, -0.1) is 0 Å². The van der Waals surface area contributed by atoms with Crippen molar-refractivity contribution in [3.8, 4) is 0 Å². The zero-order valence-corrected chi connectivity index (χ0v) is 17.6. The number of nitrogens with one attached hydrogen (secondary N) is 1. The van der Waals surface area contributed by atoms with Gasteiger partial charge in [-0.2, -0.15) is 5.10 Å². The van der Waals surface area contributed by atoms with E-state index in [0.717, 1.165) is 16.8 Å². The maximum atomic E-state index is 12.7. The van der Waals surface area contributed by atoms with Crippen LogP contribution in [0, 0.1) is 6.92 Å². The van der Waals surface area contributed by atoms with Crippen LogP contribution in [0.15, 0.2) is 48.5 Å². The van der Waals surface area contributed by atoms with Gasteiger partial charge in [0.15, 0.2) is 0 Å². The third-order valence-electron chi connectivity index (χ3n) is 4.45. The third-order valence-corrected chi connectivity index (χ3v) is 5.20. The summed E-state index contributed by atoms with van der Waals surface area (Å²) in [6.45, 7) is 2.58. The van der Waals surface area contributed by atoms with Gasteiger partial charge in [-0.05, 0) is 36.2 Å². The van der Waals surface area contributed by atoms with Crippen molar-refractivity contribution >= 4 is 34.8 Å². The summed E-state index contributed by atoms with van der Waals surface area (Å²) < 4.78 is 1.60. The summed E-state index contributed by atoms with van der Waals surface area (Å²) in [5.41, 5.74) is 3.94. The Morgan fingerprint density at radius 3 is 2.61 bits per heavy atom. The molecule has 2 aromatic carbocycles. The zero-order chi connectivity index (χ0) is 20.3. The molecule has 0 saturated heterocycles. The highest BCUT2D eigenvalue weighted by molar-refractivity contribution is 6.33. The summed E-state index contributed by atoms with van der Waals surface area (Å²) in [7, 11) is 3.96. The Labute approximate surface area is 174 Å². The Kier molecular flexibility index (Phi) is 6.27. The number of anilines is 1. The van der Waals surface area contributed by atoms with Crippen LogP contribution in [-0.4, -0.2) is 29.8 Å². The maximum absolute atomic E-state index is 12.7. The molecule has 0 aliphatic heterocycles. The molecule has 0 aliphatic carbocycles. The number of carbonyl (C=O) groups is 1. The Morgan fingerprint density at radius 1 is 1.14 bits per heavy atom. The van der Waals surface area contributed by atoms with Gasteiger partial charge in [-0.3, -0.25) is 4.79 Å². The second kappa shape index (κ2) is 8.67. The Bertz CT molecular complexity index is 998. The predicted octanol–water partition coefficient (Wildman–Crippen LogP) is 4.54. The van der Waals surface area contributed by atoms with Crippen LogP contribution in [0.4, 0.5) is 5.69 Å². The monoisotopic (exact) mass is 416 g/mol. The van der Waals surface area contributed by atoms with Crippen LogP contribution in [0.3, 0.4) is 0 Å². The molecule has 28 heavy (non-hydrogen) atoms. The van der Waals surface area contributed by atoms with Crippen LogP contribution in [0.2, 0.25) is 10.2 Å². The van der Waals surface area contributed by atoms with Gasteiger partial charge in [0.2, 0.25) is 0 Å². The van der Waals surface area contributed by atoms with E-state index in [1.54, 1.807) is 11.6 Å². The molecule has 3 aromatic rings. The summed E-state index contributed by atoms with van der Waals surface area (Å²) in [4.78, 5) is 14.7. The number of hydrogen-bond donors (Lipinski definition) is 1. The largest absolute Gasteiger partial charge is 0.378 e. The average molecular weight is 417 g/mol. The molecule has 7 heteroatoms. The summed E-state index contributed by atoms with van der Waals surface area (Å²) in [5.74, 6) is -0.247. The predicted molar refractivity (Wildman–Crippen MR) is 114 cm³/mol. The van der Waals surface area contributed by atoms with Crippen LogP contribution in [0.5, 0.6) is 0 Å². The van der Waals surface area contributed by atoms with Crippen molar-refractivity contribution in [2.45, 2.75) is 20.0 Å². The number of halogens is 2. The minimum absolute atomic E-state index is 0.247. The number of aryl methyl sites for hydroxylation is 1. The number of hydrogen-bond acceptors (Lipinski definition) is 3. The fraction of sp³-hybridized carbons (Fsp3) is 0.238. The summed E-state index contributed by atoms with van der Waals surface area (Å²) >= 11 is 12.7. The number of benzene rings is 2. The van der Waals surface area contributed by atoms with Gasteiger partial charge in [0.25, 0.3) is 5.91 Å². The summed E-state index contributed by atoms with van der Waals surface area (Å²) in [6.07, 6.45) is 0. The van der Waals surface area contributed by atoms with Crippen molar-refractivity contribution in [2.24, 2.45) is 0 Å². The molecule has 0 spiro atoms. The maximum Gasteiger partial charge on any atom is 0.256 e. The van der Waals surface area contributed by atoms with Crippen molar-refractivity contribution < 1.29 is 4.79 Å². The van der Waals surface area contributed by atoms with E-state index in [4.69, 9.17) is 23.2 Å². The van der Waals surface area contributed by atoms with E-state index in [2.05, 4.69) is 10.4 Å². The second-order valence-corrected chi connectivity index (χ2v) is 7.51. The van der Waals surface area contributed by atoms with E-state index >= 15 is 0 Å². The Balaban J connectivity index is 1.75. The molecule has 1 N–H and O–H groups in total. The van der Waals surface area contributed by atoms with Gasteiger partial charge in [0, 0.05) is 31.4 Å². The van der Waals surface area contributed by atoms with Gasteiger partial charge < -0.3 is 10.2 Å². The van der Waals surface area contributed by atoms with Crippen molar-refractivity contribution in [1.82, 2.24) is 15.1 Å². The molecule has 0 aliphatic rings. The molecule has 0 bridgehead atoms. The molecular formula is C21H22Cl2N4O. The van der Waals surface area contributed by atoms with Crippen molar-refractivity contribution in [2.75, 3.05) is 19.0 Å². The lowest BCUT2D eigenvalue weighted by molar-refractivity contribution is 0.0950. The third kappa shape index (κ3) is 4.49. The molecule has 1 heterocycles. The minimum atomic E-state index is -0.247. The first-order chi connectivity index (χ1) is 13.4. The van der Waals surface area contributed by atoms with Gasteiger partial charge in [-0.25, -0.2) is 4.68 Å². The van der Waals surface area contributed by atoms with Gasteiger partial charge in [0.05, 0.1) is 17.8 Å². The molecule has 0 atom stereocenters. The molecular weight excluding hydrogens is 395 g/mol. The van der Waals surface area contributed by atoms with Gasteiger partial charge >= 0.3 is 0 Å². The molecule has 1 amide bonds. The van der Waals surface area contributed by atoms with E-state index in [0.29, 0.717) is 34.5 Å². The molecule has 3 rings (SSSR count). The zero-order valence-electron chi connectivity index (χ0n) is 16.0. The van der Waals surface area contributed by atoms with E-state index in [-0.39, 0.29) is 5.91 Å². The smallest absolute Gasteiger partial charge is 0.256 e. The van der Waals surface area contributed by atoms with E-state index in [1.165, 1.54) is 0 Å². The number of nitrogens with zero attached hydrogens (tertiary/aromatic N) is 3. The standard InChI is InChI=1S/C21H22Cl2N4O/c1-14-19(20(23)27(25-14)13-16-8-4-5-10-18(16)22)21(28)24-12-15-7-6-9-17(11-15)26(2)3/h4-11H,12-13H2,1-3H3,(H,24,28). The molecule has 1 aromatic heterocycles. The normalized spacial score (nSPS) is 10.8. The lowest BCUT2D eigenvalue weighted by Crippen LogP contribution is -2.23. The summed E-state index contributed by atoms with van der Waals surface area (Å²) in [6, 6.07) is 15.5. The SMILES string of the molecule is Cc1nn(Cc2ccccc2Cl)c(Cl)c1C(=O)NCc1cccc(N(C)C)c1. The van der Waals surface area contributed by atoms with Gasteiger partial charge in [-0.1, -0.05) is 53.5 Å². The molecule has 0 radical (unpaired) electrons. The fourth-order valence-corrected chi connectivity index (χ4v) is 3.43. The van der Waals surface area contributed by atoms with Crippen molar-refractivity contribution in [3.05, 3.63) is 81.1 Å². The second-order valence-electron chi connectivity index (χ2n) is 6.75. The first-order valence-electron chi connectivity index (χ1n) is 8.87. The topological polar surface area (TPSA) is 50.2 Å². The quantitative estimate of drug-likeness (QED) is 0.641. The van der Waals surface area contributed by atoms with Crippen LogP contribution >= 0.6 is 23.2 Å². The van der Waals surface area contributed by atoms with E-state index in [9.17, 15) is 4.79 Å². The summed E-state index contributed by atoms with van der Waals surface area (Å²) in [5, 5.41) is 8.29. The number of aromatic nitrogens is 2. The van der Waals surface area contributed by atoms with Crippen LogP contribution in [0.1, 0.15) is 27.2 Å². The molecule has 146 valence electrons. The average Bonchev–Trinajstić information content (AvgIpc) is 2.95. The van der Waals surface area contributed by atoms with Crippen molar-refractivity contribution in [1.29, 1.82) is 0 Å². The van der Waals surface area contributed by atoms with Crippen molar-refractivity contribution in [3.63, 3.8) is 0 Å². The highest BCUT2D eigenvalue weighted by Gasteiger charge is 2.20. The molecule has 0 saturated carbocycles. The lowest BCUT2D eigenvalue weighted by Gasteiger charge is -2.14. The lowest BCUT2D eigenvalue weighted by atomic mass is 10.2. The fourth-order valence-electron chi connectivity index (χ4n) is 2.92. The molecule has 0 fully saturated rings. The Hall–Kier alpha value is -2.50. The Morgan fingerprint density at radius 2 is 1.89 bits per heavy atom. The first-order valence-corrected chi connectivity index (χ1v) is 9.63. The number of rotatable bonds is 6. The van der Waals surface area contributed by atoms with E-state index < -0.39 is 0 Å². The molecule has 0 unspecified atom stereocenters. The molecule has 5 nitrogen and oxygen atoms in total. The van der Waals surface area contributed by atoms with Crippen LogP contribution in [0.25, 0.3) is 0 Å². The number of carbonyl (C=O) groups excluding carboxylic acids is 1.